The Morgan fingerprint density at radius 1 is 1.11 bits per heavy atom. The van der Waals surface area contributed by atoms with Crippen LogP contribution in [-0.2, 0) is 17.0 Å². The van der Waals surface area contributed by atoms with Crippen molar-refractivity contribution >= 4 is 22.2 Å². The van der Waals surface area contributed by atoms with Gasteiger partial charge in [-0.15, -0.1) is 0 Å². The standard InChI is InChI=1S/C17H23N7O3S/c1-22(2)10-11-23(3)24(21-28(26)27)16-5-4-14(12-19-16)13-20-17(25)15-6-8-18-9-7-15/h4-9,12H,10-11,13H2,1-3H3,(H,20,25). The van der Waals surface area contributed by atoms with E-state index >= 15 is 0 Å². The maximum absolute atomic E-state index is 12.1. The minimum Gasteiger partial charge on any atom is -0.348 e. The molecule has 0 aliphatic heterocycles. The molecule has 2 aromatic rings. The maximum Gasteiger partial charge on any atom is 0.334 e. The first-order valence-corrected chi connectivity index (χ1v) is 9.50. The zero-order valence-corrected chi connectivity index (χ0v) is 16.8. The fourth-order valence-electron chi connectivity index (χ4n) is 2.21. The summed E-state index contributed by atoms with van der Waals surface area (Å²) in [4.78, 5) is 22.2. The molecule has 0 aliphatic carbocycles. The Hall–Kier alpha value is -2.89. The highest BCUT2D eigenvalue weighted by molar-refractivity contribution is 7.61. The van der Waals surface area contributed by atoms with Crippen LogP contribution in [0.4, 0.5) is 5.82 Å². The molecule has 11 heteroatoms. The third kappa shape index (κ3) is 6.68. The number of hydrazine groups is 1. The van der Waals surface area contributed by atoms with Gasteiger partial charge in [0.2, 0.25) is 0 Å². The van der Waals surface area contributed by atoms with Crippen LogP contribution in [0.25, 0.3) is 0 Å². The molecule has 10 nitrogen and oxygen atoms in total. The van der Waals surface area contributed by atoms with Crippen molar-refractivity contribution in [1.29, 1.82) is 0 Å². The predicted octanol–water partition coefficient (Wildman–Crippen LogP) is 0.599. The van der Waals surface area contributed by atoms with Crippen LogP contribution in [0.3, 0.4) is 0 Å². The first-order valence-electron chi connectivity index (χ1n) is 8.47. The van der Waals surface area contributed by atoms with Crippen LogP contribution in [-0.4, -0.2) is 68.4 Å². The summed E-state index contributed by atoms with van der Waals surface area (Å²) >= 11 is 0. The largest absolute Gasteiger partial charge is 0.348 e. The van der Waals surface area contributed by atoms with E-state index in [-0.39, 0.29) is 12.5 Å². The predicted molar refractivity (Wildman–Crippen MR) is 105 cm³/mol. The quantitative estimate of drug-likeness (QED) is 0.604. The molecule has 0 aliphatic rings. The van der Waals surface area contributed by atoms with Crippen LogP contribution in [0.2, 0.25) is 0 Å². The average molecular weight is 405 g/mol. The van der Waals surface area contributed by atoms with Gasteiger partial charge in [0.25, 0.3) is 5.91 Å². The molecule has 0 aromatic carbocycles. The zero-order chi connectivity index (χ0) is 20.5. The number of amides is 1. The Kier molecular flexibility index (Phi) is 7.99. The van der Waals surface area contributed by atoms with E-state index in [0.29, 0.717) is 24.5 Å². The number of hydrogen-bond donors (Lipinski definition) is 1. The van der Waals surface area contributed by atoms with Crippen molar-refractivity contribution in [3.63, 3.8) is 0 Å². The molecule has 0 atom stereocenters. The van der Waals surface area contributed by atoms with Crippen molar-refractivity contribution in [3.05, 3.63) is 54.0 Å². The SMILES string of the molecule is CN(C)CCN(C)N(N=S(=O)=O)c1ccc(CNC(=O)c2ccncc2)cn1. The smallest absolute Gasteiger partial charge is 0.334 e. The molecule has 0 bridgehead atoms. The molecule has 2 aromatic heterocycles. The summed E-state index contributed by atoms with van der Waals surface area (Å²) < 4.78 is 25.7. The van der Waals surface area contributed by atoms with Crippen LogP contribution in [0.15, 0.2) is 47.3 Å². The monoisotopic (exact) mass is 405 g/mol. The van der Waals surface area contributed by atoms with Crippen LogP contribution < -0.4 is 10.4 Å². The van der Waals surface area contributed by atoms with E-state index in [9.17, 15) is 13.2 Å². The van der Waals surface area contributed by atoms with Gasteiger partial charge in [0.1, 0.15) is 0 Å². The Morgan fingerprint density at radius 3 is 2.39 bits per heavy atom. The van der Waals surface area contributed by atoms with Crippen molar-refractivity contribution in [3.8, 4) is 0 Å². The highest BCUT2D eigenvalue weighted by Crippen LogP contribution is 2.14. The summed E-state index contributed by atoms with van der Waals surface area (Å²) in [5.41, 5.74) is 1.29. The summed E-state index contributed by atoms with van der Waals surface area (Å²) in [6.45, 7) is 1.56. The van der Waals surface area contributed by atoms with Crippen LogP contribution >= 0.6 is 0 Å². The molecule has 2 heterocycles. The highest BCUT2D eigenvalue weighted by atomic mass is 32.2. The number of anilines is 1. The van der Waals surface area contributed by atoms with Gasteiger partial charge < -0.3 is 10.2 Å². The highest BCUT2D eigenvalue weighted by Gasteiger charge is 2.14. The van der Waals surface area contributed by atoms with E-state index in [2.05, 4.69) is 19.8 Å². The van der Waals surface area contributed by atoms with Gasteiger partial charge in [-0.1, -0.05) is 6.07 Å². The van der Waals surface area contributed by atoms with E-state index < -0.39 is 10.5 Å². The summed E-state index contributed by atoms with van der Waals surface area (Å²) in [7, 11) is 2.95. The molecule has 2 rings (SSSR count). The normalized spacial score (nSPS) is 10.8. The van der Waals surface area contributed by atoms with Crippen molar-refractivity contribution in [1.82, 2.24) is 25.2 Å². The van der Waals surface area contributed by atoms with Gasteiger partial charge in [0, 0.05) is 50.8 Å². The van der Waals surface area contributed by atoms with Gasteiger partial charge in [-0.2, -0.15) is 18.5 Å². The molecule has 150 valence electrons. The molecule has 0 unspecified atom stereocenters. The van der Waals surface area contributed by atoms with E-state index in [1.165, 1.54) is 5.12 Å². The van der Waals surface area contributed by atoms with Crippen molar-refractivity contribution in [2.75, 3.05) is 39.4 Å². The molecule has 1 N–H and O–H groups in total. The Balaban J connectivity index is 2.05. The summed E-state index contributed by atoms with van der Waals surface area (Å²) in [6, 6.07) is 6.66. The fraction of sp³-hybridized carbons (Fsp3) is 0.353. The van der Waals surface area contributed by atoms with E-state index in [1.54, 1.807) is 54.9 Å². The average Bonchev–Trinajstić information content (AvgIpc) is 2.69. The lowest BCUT2D eigenvalue weighted by Gasteiger charge is -2.27. The van der Waals surface area contributed by atoms with E-state index in [0.717, 1.165) is 5.56 Å². The van der Waals surface area contributed by atoms with Crippen molar-refractivity contribution in [2.45, 2.75) is 6.54 Å². The number of rotatable bonds is 9. The number of likely N-dealkylation sites (N-methyl/N-ethyl adjacent to an activating group) is 2. The molecule has 0 spiro atoms. The van der Waals surface area contributed by atoms with Gasteiger partial charge in [0.05, 0.1) is 0 Å². The van der Waals surface area contributed by atoms with Gasteiger partial charge in [-0.25, -0.2) is 4.98 Å². The summed E-state index contributed by atoms with van der Waals surface area (Å²) in [5, 5.41) is 5.68. The minimum absolute atomic E-state index is 0.215. The van der Waals surface area contributed by atoms with E-state index in [4.69, 9.17) is 0 Å². The third-order valence-electron chi connectivity index (χ3n) is 3.75. The lowest BCUT2D eigenvalue weighted by Crippen LogP contribution is -2.40. The van der Waals surface area contributed by atoms with Gasteiger partial charge in [0.15, 0.2) is 5.82 Å². The summed E-state index contributed by atoms with van der Waals surface area (Å²) in [5.74, 6) is 0.142. The summed E-state index contributed by atoms with van der Waals surface area (Å²) in [6.07, 6.45) is 4.67. The zero-order valence-electron chi connectivity index (χ0n) is 16.0. The molecule has 0 fully saturated rings. The first-order chi connectivity index (χ1) is 13.4. The number of carbonyl (C=O) groups is 1. The number of pyridine rings is 2. The second-order valence-corrected chi connectivity index (χ2v) is 6.81. The van der Waals surface area contributed by atoms with Crippen LogP contribution in [0.1, 0.15) is 15.9 Å². The minimum atomic E-state index is -2.62. The number of carbonyl (C=O) groups excluding carboxylic acids is 1. The molecular weight excluding hydrogens is 382 g/mol. The fourth-order valence-corrected chi connectivity index (χ4v) is 2.54. The second kappa shape index (κ2) is 10.4. The number of nitrogens with zero attached hydrogens (tertiary/aromatic N) is 6. The first kappa shape index (κ1) is 21.4. The van der Waals surface area contributed by atoms with Gasteiger partial charge in [-0.05, 0) is 42.3 Å². The molecule has 0 radical (unpaired) electrons. The molecular formula is C17H23N7O3S. The maximum atomic E-state index is 12.1. The van der Waals surface area contributed by atoms with E-state index in [1.807, 2.05) is 19.0 Å². The molecule has 0 saturated carbocycles. The van der Waals surface area contributed by atoms with Crippen LogP contribution in [0.5, 0.6) is 0 Å². The Bertz CT molecular complexity index is 894. The van der Waals surface area contributed by atoms with Crippen molar-refractivity contribution in [2.24, 2.45) is 4.47 Å². The number of hydrogen-bond acceptors (Lipinski definition) is 8. The Labute approximate surface area is 165 Å². The van der Waals surface area contributed by atoms with Crippen molar-refractivity contribution < 1.29 is 13.2 Å². The Morgan fingerprint density at radius 2 is 1.82 bits per heavy atom. The lowest BCUT2D eigenvalue weighted by molar-refractivity contribution is 0.0950. The van der Waals surface area contributed by atoms with Crippen LogP contribution in [0, 0.1) is 0 Å². The topological polar surface area (TPSA) is 111 Å². The van der Waals surface area contributed by atoms with Gasteiger partial charge in [-0.3, -0.25) is 9.78 Å². The third-order valence-corrected chi connectivity index (χ3v) is 4.04. The molecule has 1 amide bonds. The van der Waals surface area contributed by atoms with Gasteiger partial charge >= 0.3 is 10.5 Å². The lowest BCUT2D eigenvalue weighted by atomic mass is 10.2. The molecule has 28 heavy (non-hydrogen) atoms. The number of nitrogens with one attached hydrogen (secondary N) is 1. The second-order valence-electron chi connectivity index (χ2n) is 6.22. The number of aromatic nitrogens is 2. The molecule has 0 saturated heterocycles.